The fourth-order valence-corrected chi connectivity index (χ4v) is 1.61. The molecule has 1 nitrogen and oxygen atoms in total. The lowest BCUT2D eigenvalue weighted by molar-refractivity contribution is 0.0546. The van der Waals surface area contributed by atoms with Crippen molar-refractivity contribution in [3.8, 4) is 0 Å². The predicted octanol–water partition coefficient (Wildman–Crippen LogP) is 3.46. The molecule has 1 aromatic carbocycles. The van der Waals surface area contributed by atoms with Gasteiger partial charge >= 0.3 is 0 Å². The summed E-state index contributed by atoms with van der Waals surface area (Å²) in [5.41, 5.74) is -0.381. The molecule has 0 radical (unpaired) electrons. The van der Waals surface area contributed by atoms with E-state index in [0.717, 1.165) is 4.47 Å². The Morgan fingerprint density at radius 3 is 2.50 bits per heavy atom. The SMILES string of the molecule is C[C@@H](c1cc(Br)ccc1F)C(C)(C)O. The van der Waals surface area contributed by atoms with Crippen molar-refractivity contribution in [3.05, 3.63) is 34.1 Å². The van der Waals surface area contributed by atoms with Gasteiger partial charge in [0.1, 0.15) is 5.82 Å². The molecule has 0 aliphatic heterocycles. The Morgan fingerprint density at radius 1 is 1.43 bits per heavy atom. The molecule has 78 valence electrons. The summed E-state index contributed by atoms with van der Waals surface area (Å²) in [6, 6.07) is 4.76. The molecule has 0 saturated carbocycles. The molecule has 0 aliphatic rings. The Bertz CT molecular complexity index is 331. The Hall–Kier alpha value is -0.410. The largest absolute Gasteiger partial charge is 0.390 e. The maximum Gasteiger partial charge on any atom is 0.126 e. The summed E-state index contributed by atoms with van der Waals surface area (Å²) in [5, 5.41) is 9.77. The van der Waals surface area contributed by atoms with E-state index in [1.165, 1.54) is 6.07 Å². The summed E-state index contributed by atoms with van der Waals surface area (Å²) < 4.78 is 14.2. The van der Waals surface area contributed by atoms with E-state index in [0.29, 0.717) is 5.56 Å². The highest BCUT2D eigenvalue weighted by atomic mass is 79.9. The minimum Gasteiger partial charge on any atom is -0.390 e. The van der Waals surface area contributed by atoms with Crippen molar-refractivity contribution < 1.29 is 9.50 Å². The van der Waals surface area contributed by atoms with Crippen LogP contribution in [-0.2, 0) is 0 Å². The molecule has 0 amide bonds. The Morgan fingerprint density at radius 2 is 2.00 bits per heavy atom. The first kappa shape index (κ1) is 11.7. The summed E-state index contributed by atoms with van der Waals surface area (Å²) in [6.07, 6.45) is 0. The molecule has 14 heavy (non-hydrogen) atoms. The van der Waals surface area contributed by atoms with Crippen molar-refractivity contribution in [2.75, 3.05) is 0 Å². The lowest BCUT2D eigenvalue weighted by Crippen LogP contribution is -2.27. The van der Waals surface area contributed by atoms with Crippen molar-refractivity contribution in [1.29, 1.82) is 0 Å². The second kappa shape index (κ2) is 3.99. The molecule has 3 heteroatoms. The minimum atomic E-state index is -0.915. The Kier molecular flexibility index (Phi) is 3.32. The molecule has 0 saturated heterocycles. The van der Waals surface area contributed by atoms with Crippen LogP contribution in [-0.4, -0.2) is 10.7 Å². The van der Waals surface area contributed by atoms with E-state index in [9.17, 15) is 9.50 Å². The molecule has 1 aromatic rings. The van der Waals surface area contributed by atoms with Gasteiger partial charge in [0.25, 0.3) is 0 Å². The molecule has 0 heterocycles. The molecule has 1 rings (SSSR count). The fourth-order valence-electron chi connectivity index (χ4n) is 1.23. The highest BCUT2D eigenvalue weighted by molar-refractivity contribution is 9.10. The minimum absolute atomic E-state index is 0.236. The van der Waals surface area contributed by atoms with Crippen molar-refractivity contribution >= 4 is 15.9 Å². The first-order valence-electron chi connectivity index (χ1n) is 4.49. The molecular weight excluding hydrogens is 247 g/mol. The van der Waals surface area contributed by atoms with Gasteiger partial charge in [-0.25, -0.2) is 4.39 Å². The zero-order valence-corrected chi connectivity index (χ0v) is 10.1. The van der Waals surface area contributed by atoms with Crippen molar-refractivity contribution in [3.63, 3.8) is 0 Å². The number of benzene rings is 1. The van der Waals surface area contributed by atoms with E-state index in [2.05, 4.69) is 15.9 Å². The number of aliphatic hydroxyl groups is 1. The van der Waals surface area contributed by atoms with Crippen LogP contribution in [0.25, 0.3) is 0 Å². The van der Waals surface area contributed by atoms with E-state index >= 15 is 0 Å². The van der Waals surface area contributed by atoms with Gasteiger partial charge in [0.15, 0.2) is 0 Å². The lowest BCUT2D eigenvalue weighted by atomic mass is 9.86. The first-order chi connectivity index (χ1) is 6.32. The van der Waals surface area contributed by atoms with Gasteiger partial charge in [-0.2, -0.15) is 0 Å². The molecule has 0 unspecified atom stereocenters. The van der Waals surface area contributed by atoms with E-state index in [1.807, 2.05) is 6.92 Å². The van der Waals surface area contributed by atoms with E-state index in [1.54, 1.807) is 26.0 Å². The van der Waals surface area contributed by atoms with Gasteiger partial charge in [-0.3, -0.25) is 0 Å². The zero-order chi connectivity index (χ0) is 10.9. The van der Waals surface area contributed by atoms with Gasteiger partial charge in [0.05, 0.1) is 5.60 Å². The highest BCUT2D eigenvalue weighted by Gasteiger charge is 2.26. The third kappa shape index (κ3) is 2.55. The van der Waals surface area contributed by atoms with Crippen LogP contribution in [0.15, 0.2) is 22.7 Å². The summed E-state index contributed by atoms with van der Waals surface area (Å²) in [6.45, 7) is 5.17. The van der Waals surface area contributed by atoms with Gasteiger partial charge in [-0.1, -0.05) is 22.9 Å². The summed E-state index contributed by atoms with van der Waals surface area (Å²) >= 11 is 3.28. The average molecular weight is 261 g/mol. The third-order valence-electron chi connectivity index (χ3n) is 2.48. The maximum absolute atomic E-state index is 13.4. The van der Waals surface area contributed by atoms with Gasteiger partial charge in [-0.15, -0.1) is 0 Å². The molecule has 1 atom stereocenters. The van der Waals surface area contributed by atoms with Crippen LogP contribution >= 0.6 is 15.9 Å². The number of rotatable bonds is 2. The first-order valence-corrected chi connectivity index (χ1v) is 5.29. The summed E-state index contributed by atoms with van der Waals surface area (Å²) in [5.74, 6) is -0.511. The van der Waals surface area contributed by atoms with Crippen LogP contribution < -0.4 is 0 Å². The standard InChI is InChI=1S/C11H14BrFO/c1-7(11(2,3)14)9-6-8(12)4-5-10(9)13/h4-7,14H,1-3H3/t7-/m0/s1. The molecule has 0 fully saturated rings. The lowest BCUT2D eigenvalue weighted by Gasteiger charge is -2.26. The van der Waals surface area contributed by atoms with Gasteiger partial charge in [0.2, 0.25) is 0 Å². The number of hydrogen-bond donors (Lipinski definition) is 1. The van der Waals surface area contributed by atoms with Gasteiger partial charge < -0.3 is 5.11 Å². The van der Waals surface area contributed by atoms with Gasteiger partial charge in [-0.05, 0) is 37.6 Å². The molecule has 1 N–H and O–H groups in total. The van der Waals surface area contributed by atoms with Crippen LogP contribution in [0.2, 0.25) is 0 Å². The summed E-state index contributed by atoms with van der Waals surface area (Å²) in [7, 11) is 0. The molecule has 0 aromatic heterocycles. The van der Waals surface area contributed by atoms with Crippen molar-refractivity contribution in [2.24, 2.45) is 0 Å². The molecule has 0 spiro atoms. The fraction of sp³-hybridized carbons (Fsp3) is 0.455. The second-order valence-electron chi connectivity index (χ2n) is 4.04. The smallest absolute Gasteiger partial charge is 0.126 e. The van der Waals surface area contributed by atoms with Crippen LogP contribution in [0, 0.1) is 5.82 Å². The Labute approximate surface area is 92.1 Å². The van der Waals surface area contributed by atoms with Crippen LogP contribution in [0.5, 0.6) is 0 Å². The normalized spacial score (nSPS) is 14.1. The van der Waals surface area contributed by atoms with Crippen LogP contribution in [0.3, 0.4) is 0 Å². The maximum atomic E-state index is 13.4. The van der Waals surface area contributed by atoms with E-state index in [4.69, 9.17) is 0 Å². The number of halogens is 2. The topological polar surface area (TPSA) is 20.2 Å². The number of hydrogen-bond acceptors (Lipinski definition) is 1. The summed E-state index contributed by atoms with van der Waals surface area (Å²) in [4.78, 5) is 0. The predicted molar refractivity (Wildman–Crippen MR) is 58.8 cm³/mol. The van der Waals surface area contributed by atoms with Crippen LogP contribution in [0.4, 0.5) is 4.39 Å². The second-order valence-corrected chi connectivity index (χ2v) is 4.96. The zero-order valence-electron chi connectivity index (χ0n) is 8.51. The highest BCUT2D eigenvalue weighted by Crippen LogP contribution is 2.30. The van der Waals surface area contributed by atoms with E-state index in [-0.39, 0.29) is 11.7 Å². The Balaban J connectivity index is 3.12. The molecule has 0 bridgehead atoms. The third-order valence-corrected chi connectivity index (χ3v) is 2.98. The molecule has 0 aliphatic carbocycles. The average Bonchev–Trinajstić information content (AvgIpc) is 2.06. The quantitative estimate of drug-likeness (QED) is 0.864. The van der Waals surface area contributed by atoms with Crippen molar-refractivity contribution in [1.82, 2.24) is 0 Å². The van der Waals surface area contributed by atoms with Crippen LogP contribution in [0.1, 0.15) is 32.3 Å². The molecular formula is C11H14BrFO. The van der Waals surface area contributed by atoms with Gasteiger partial charge in [0, 0.05) is 10.4 Å². The van der Waals surface area contributed by atoms with E-state index < -0.39 is 5.60 Å². The van der Waals surface area contributed by atoms with Crippen molar-refractivity contribution in [2.45, 2.75) is 32.3 Å². The monoisotopic (exact) mass is 260 g/mol.